The largest absolute Gasteiger partial charge is 0.497 e. The Balaban J connectivity index is 2.05. The molecule has 5 aromatic rings. The fourth-order valence-electron chi connectivity index (χ4n) is 4.33. The molecule has 0 heterocycles. The van der Waals surface area contributed by atoms with E-state index in [1.807, 2.05) is 0 Å². The summed E-state index contributed by atoms with van der Waals surface area (Å²) < 4.78 is 93.0. The molecule has 1 nitrogen and oxygen atoms in total. The maximum absolute atomic E-state index is 15.3. The van der Waals surface area contributed by atoms with E-state index in [1.54, 1.807) is 24.3 Å². The number of ether oxygens (including phenoxy) is 1. The van der Waals surface area contributed by atoms with Gasteiger partial charge in [-0.3, -0.25) is 0 Å². The van der Waals surface area contributed by atoms with Gasteiger partial charge < -0.3 is 4.74 Å². The van der Waals surface area contributed by atoms with E-state index in [0.29, 0.717) is 23.4 Å². The minimum atomic E-state index is -1.72. The summed E-state index contributed by atoms with van der Waals surface area (Å²) in [6.07, 6.45) is 0. The highest BCUT2D eigenvalue weighted by atomic mass is 19.2. The Morgan fingerprint density at radius 1 is 0.529 bits per heavy atom. The first-order valence-electron chi connectivity index (χ1n) is 10.1. The van der Waals surface area contributed by atoms with E-state index in [4.69, 9.17) is 4.74 Å². The van der Waals surface area contributed by atoms with Crippen LogP contribution in [0, 0.1) is 34.9 Å². The summed E-state index contributed by atoms with van der Waals surface area (Å²) in [4.78, 5) is 0. The first kappa shape index (κ1) is 21.8. The Morgan fingerprint density at radius 3 is 1.68 bits per heavy atom. The minimum Gasteiger partial charge on any atom is -0.497 e. The quantitative estimate of drug-likeness (QED) is 0.147. The van der Waals surface area contributed by atoms with Crippen molar-refractivity contribution in [3.63, 3.8) is 0 Å². The van der Waals surface area contributed by atoms with Crippen LogP contribution < -0.4 is 4.74 Å². The highest BCUT2D eigenvalue weighted by Gasteiger charge is 2.25. The Hall–Kier alpha value is -4.00. The third-order valence-electron chi connectivity index (χ3n) is 5.79. The van der Waals surface area contributed by atoms with Crippen LogP contribution in [-0.2, 0) is 0 Å². The van der Waals surface area contributed by atoms with Gasteiger partial charge in [0.2, 0.25) is 0 Å². The average molecular weight is 468 g/mol. The van der Waals surface area contributed by atoms with Gasteiger partial charge in [0.05, 0.1) is 7.11 Å². The molecule has 0 saturated carbocycles. The molecule has 5 aromatic carbocycles. The number of rotatable bonds is 3. The van der Waals surface area contributed by atoms with E-state index >= 15 is 13.2 Å². The Morgan fingerprint density at radius 2 is 1.09 bits per heavy atom. The van der Waals surface area contributed by atoms with Crippen LogP contribution in [0.3, 0.4) is 0 Å². The normalized spacial score (nSPS) is 11.4. The van der Waals surface area contributed by atoms with Crippen molar-refractivity contribution in [2.24, 2.45) is 0 Å². The van der Waals surface area contributed by atoms with Crippen LogP contribution in [0.1, 0.15) is 0 Å². The van der Waals surface area contributed by atoms with Gasteiger partial charge in [0.15, 0.2) is 17.5 Å². The minimum absolute atomic E-state index is 0.183. The Bertz CT molecular complexity index is 1570. The molecule has 0 fully saturated rings. The molecular weight excluding hydrogens is 454 g/mol. The zero-order valence-corrected chi connectivity index (χ0v) is 17.5. The highest BCUT2D eigenvalue weighted by Crippen LogP contribution is 2.46. The number of halogens is 6. The van der Waals surface area contributed by atoms with Crippen LogP contribution in [0.15, 0.2) is 66.7 Å². The van der Waals surface area contributed by atoms with E-state index in [2.05, 4.69) is 0 Å². The van der Waals surface area contributed by atoms with Crippen LogP contribution in [0.2, 0.25) is 0 Å². The van der Waals surface area contributed by atoms with E-state index in [0.717, 1.165) is 18.2 Å². The van der Waals surface area contributed by atoms with Gasteiger partial charge in [-0.25, -0.2) is 26.3 Å². The van der Waals surface area contributed by atoms with Gasteiger partial charge in [-0.1, -0.05) is 24.3 Å². The van der Waals surface area contributed by atoms with Gasteiger partial charge in [0.25, 0.3) is 0 Å². The smallest absolute Gasteiger partial charge is 0.194 e. The number of benzene rings is 5. The molecule has 170 valence electrons. The van der Waals surface area contributed by atoms with Crippen molar-refractivity contribution in [3.8, 4) is 28.0 Å². The summed E-state index contributed by atoms with van der Waals surface area (Å²) in [5, 5.41) is -0.588. The Kier molecular flexibility index (Phi) is 5.20. The molecule has 5 rings (SSSR count). The lowest BCUT2D eigenvalue weighted by atomic mass is 9.85. The summed E-state index contributed by atoms with van der Waals surface area (Å²) in [5.41, 5.74) is 0.0160. The lowest BCUT2D eigenvalue weighted by Gasteiger charge is -2.19. The van der Waals surface area contributed by atoms with Crippen molar-refractivity contribution in [2.75, 3.05) is 7.11 Å². The van der Waals surface area contributed by atoms with Crippen molar-refractivity contribution < 1.29 is 31.1 Å². The molecule has 0 radical (unpaired) electrons. The standard InChI is InChI=1S/C27H14F6O/c1-34-15-7-5-13(6-8-15)22-16-3-2-4-17(28)24(16)23(14-11-20(31)27(33)21(32)12-14)26-19(30)10-9-18(29)25(22)26/h2-12H,1H3. The van der Waals surface area contributed by atoms with Crippen molar-refractivity contribution in [1.29, 1.82) is 0 Å². The first-order valence-corrected chi connectivity index (χ1v) is 10.1. The summed E-state index contributed by atoms with van der Waals surface area (Å²) in [6.45, 7) is 0. The molecule has 0 saturated heterocycles. The molecule has 0 unspecified atom stereocenters. The van der Waals surface area contributed by atoms with Gasteiger partial charge in [-0.15, -0.1) is 0 Å². The summed E-state index contributed by atoms with van der Waals surface area (Å²) >= 11 is 0. The van der Waals surface area contributed by atoms with Crippen LogP contribution >= 0.6 is 0 Å². The van der Waals surface area contributed by atoms with Crippen molar-refractivity contribution in [2.45, 2.75) is 0 Å². The Labute approximate surface area is 189 Å². The van der Waals surface area contributed by atoms with Crippen molar-refractivity contribution in [1.82, 2.24) is 0 Å². The molecule has 0 amide bonds. The average Bonchev–Trinajstić information content (AvgIpc) is 2.83. The van der Waals surface area contributed by atoms with Crippen molar-refractivity contribution >= 4 is 21.5 Å². The zero-order valence-electron chi connectivity index (χ0n) is 17.5. The second kappa shape index (κ2) is 8.09. The molecule has 0 aliphatic heterocycles. The third kappa shape index (κ3) is 3.27. The van der Waals surface area contributed by atoms with E-state index in [1.165, 1.54) is 19.2 Å². The molecular formula is C27H14F6O. The number of hydrogen-bond acceptors (Lipinski definition) is 1. The SMILES string of the molecule is COc1ccc(-c2c3cccc(F)c3c(-c3cc(F)c(F)c(F)c3)c3c(F)ccc(F)c23)cc1. The van der Waals surface area contributed by atoms with Gasteiger partial charge in [0, 0.05) is 27.3 Å². The monoisotopic (exact) mass is 468 g/mol. The third-order valence-corrected chi connectivity index (χ3v) is 5.79. The second-order valence-electron chi connectivity index (χ2n) is 7.67. The molecule has 0 aromatic heterocycles. The summed E-state index contributed by atoms with van der Waals surface area (Å²) in [7, 11) is 1.47. The van der Waals surface area contributed by atoms with Gasteiger partial charge >= 0.3 is 0 Å². The molecule has 0 atom stereocenters. The van der Waals surface area contributed by atoms with Crippen LogP contribution in [-0.4, -0.2) is 7.11 Å². The first-order chi connectivity index (χ1) is 16.3. The number of hydrogen-bond donors (Lipinski definition) is 0. The molecule has 0 bridgehead atoms. The lowest BCUT2D eigenvalue weighted by molar-refractivity contribution is 0.415. The summed E-state index contributed by atoms with van der Waals surface area (Å²) in [5.74, 6) is -6.86. The molecule has 0 spiro atoms. The van der Waals surface area contributed by atoms with Gasteiger partial charge in [0.1, 0.15) is 23.2 Å². The van der Waals surface area contributed by atoms with Crippen LogP contribution in [0.5, 0.6) is 5.75 Å². The van der Waals surface area contributed by atoms with Gasteiger partial charge in [-0.05, 0) is 59.0 Å². The molecule has 0 N–H and O–H groups in total. The van der Waals surface area contributed by atoms with Crippen molar-refractivity contribution in [3.05, 3.63) is 102 Å². The second-order valence-corrected chi connectivity index (χ2v) is 7.67. The molecule has 7 heteroatoms. The van der Waals surface area contributed by atoms with E-state index in [-0.39, 0.29) is 38.2 Å². The lowest BCUT2D eigenvalue weighted by Crippen LogP contribution is -1.99. The number of fused-ring (bicyclic) bond motifs is 2. The predicted molar refractivity (Wildman–Crippen MR) is 119 cm³/mol. The molecule has 0 aliphatic carbocycles. The van der Waals surface area contributed by atoms with Gasteiger partial charge in [-0.2, -0.15) is 0 Å². The molecule has 0 aliphatic rings. The zero-order chi connectivity index (χ0) is 24.1. The fraction of sp³-hybridized carbons (Fsp3) is 0.0370. The fourth-order valence-corrected chi connectivity index (χ4v) is 4.33. The maximum Gasteiger partial charge on any atom is 0.194 e. The summed E-state index contributed by atoms with van der Waals surface area (Å²) in [6, 6.07) is 13.5. The van der Waals surface area contributed by atoms with E-state index < -0.39 is 34.9 Å². The van der Waals surface area contributed by atoms with Crippen LogP contribution in [0.25, 0.3) is 43.8 Å². The maximum atomic E-state index is 15.3. The molecule has 34 heavy (non-hydrogen) atoms. The van der Waals surface area contributed by atoms with E-state index in [9.17, 15) is 13.2 Å². The van der Waals surface area contributed by atoms with Crippen LogP contribution in [0.4, 0.5) is 26.3 Å². The predicted octanol–water partition coefficient (Wildman–Crippen LogP) is 8.17. The highest BCUT2D eigenvalue weighted by molar-refractivity contribution is 6.21. The number of methoxy groups -OCH3 is 1. The topological polar surface area (TPSA) is 9.23 Å².